The molecule has 0 unspecified atom stereocenters. The molecule has 1 aliphatic rings. The van der Waals surface area contributed by atoms with Gasteiger partial charge in [0, 0.05) is 18.6 Å². The summed E-state index contributed by atoms with van der Waals surface area (Å²) in [5.74, 6) is 0. The molecular weight excluding hydrogens is 126 g/mol. The van der Waals surface area contributed by atoms with Crippen molar-refractivity contribution in [3.8, 4) is 0 Å². The average molecular weight is 143 g/mol. The first-order chi connectivity index (χ1) is 4.77. The van der Waals surface area contributed by atoms with E-state index in [1.54, 1.807) is 0 Å². The van der Waals surface area contributed by atoms with Gasteiger partial charge in [0.15, 0.2) is 0 Å². The lowest BCUT2D eigenvalue weighted by molar-refractivity contribution is 0.00403. The van der Waals surface area contributed by atoms with E-state index < -0.39 is 0 Å². The van der Waals surface area contributed by atoms with Crippen molar-refractivity contribution in [1.82, 2.24) is 5.32 Å². The minimum absolute atomic E-state index is 0.396. The van der Waals surface area contributed by atoms with Crippen molar-refractivity contribution in [1.29, 1.82) is 0 Å². The lowest BCUT2D eigenvalue weighted by Crippen LogP contribution is -2.37. The molecule has 1 saturated heterocycles. The SMILES string of the molecule is CNC[C@@]1(C)CCCOC1. The van der Waals surface area contributed by atoms with Gasteiger partial charge in [-0.05, 0) is 19.9 Å². The van der Waals surface area contributed by atoms with E-state index in [2.05, 4.69) is 12.2 Å². The zero-order valence-corrected chi connectivity index (χ0v) is 6.94. The molecule has 0 aromatic rings. The van der Waals surface area contributed by atoms with E-state index in [-0.39, 0.29) is 0 Å². The van der Waals surface area contributed by atoms with Crippen molar-refractivity contribution < 1.29 is 4.74 Å². The third-order valence-corrected chi connectivity index (χ3v) is 2.12. The monoisotopic (exact) mass is 143 g/mol. The lowest BCUT2D eigenvalue weighted by Gasteiger charge is -2.32. The van der Waals surface area contributed by atoms with E-state index in [1.807, 2.05) is 7.05 Å². The van der Waals surface area contributed by atoms with Crippen LogP contribution in [0.3, 0.4) is 0 Å². The molecule has 60 valence electrons. The third kappa shape index (κ3) is 1.96. The Balaban J connectivity index is 2.32. The zero-order chi connectivity index (χ0) is 7.45. The van der Waals surface area contributed by atoms with Crippen LogP contribution in [-0.4, -0.2) is 26.8 Å². The minimum Gasteiger partial charge on any atom is -0.381 e. The summed E-state index contributed by atoms with van der Waals surface area (Å²) in [5.41, 5.74) is 0.396. The summed E-state index contributed by atoms with van der Waals surface area (Å²) < 4.78 is 5.40. The standard InChI is InChI=1S/C8H17NO/c1-8(6-9-2)4-3-5-10-7-8/h9H,3-7H2,1-2H3/t8-/m1/s1. The maximum Gasteiger partial charge on any atom is 0.0531 e. The number of rotatable bonds is 2. The van der Waals surface area contributed by atoms with Crippen LogP contribution in [0.25, 0.3) is 0 Å². The summed E-state index contributed by atoms with van der Waals surface area (Å²) in [5, 5.41) is 3.20. The summed E-state index contributed by atoms with van der Waals surface area (Å²) in [6.45, 7) is 5.24. The highest BCUT2D eigenvalue weighted by Crippen LogP contribution is 2.26. The van der Waals surface area contributed by atoms with Crippen molar-refractivity contribution in [2.75, 3.05) is 26.8 Å². The smallest absolute Gasteiger partial charge is 0.0531 e. The van der Waals surface area contributed by atoms with Crippen LogP contribution in [0, 0.1) is 5.41 Å². The van der Waals surface area contributed by atoms with Crippen LogP contribution >= 0.6 is 0 Å². The predicted octanol–water partition coefficient (Wildman–Crippen LogP) is 1.02. The van der Waals surface area contributed by atoms with Crippen LogP contribution in [0.2, 0.25) is 0 Å². The number of hydrogen-bond donors (Lipinski definition) is 1. The molecule has 0 radical (unpaired) electrons. The molecule has 1 atom stereocenters. The first-order valence-electron chi connectivity index (χ1n) is 3.99. The number of nitrogens with one attached hydrogen (secondary N) is 1. The fourth-order valence-electron chi connectivity index (χ4n) is 1.56. The summed E-state index contributed by atoms with van der Waals surface area (Å²) >= 11 is 0. The zero-order valence-electron chi connectivity index (χ0n) is 6.94. The molecule has 1 rings (SSSR count). The fourth-order valence-corrected chi connectivity index (χ4v) is 1.56. The first kappa shape index (κ1) is 8.02. The minimum atomic E-state index is 0.396. The van der Waals surface area contributed by atoms with Gasteiger partial charge in [-0.15, -0.1) is 0 Å². The van der Waals surface area contributed by atoms with Crippen molar-refractivity contribution in [2.45, 2.75) is 19.8 Å². The maximum atomic E-state index is 5.40. The molecule has 1 aliphatic heterocycles. The van der Waals surface area contributed by atoms with Crippen LogP contribution in [0.4, 0.5) is 0 Å². The Morgan fingerprint density at radius 1 is 1.60 bits per heavy atom. The van der Waals surface area contributed by atoms with Gasteiger partial charge in [0.05, 0.1) is 6.61 Å². The molecule has 1 N–H and O–H groups in total. The van der Waals surface area contributed by atoms with Gasteiger partial charge in [-0.2, -0.15) is 0 Å². The van der Waals surface area contributed by atoms with Gasteiger partial charge in [0.1, 0.15) is 0 Å². The lowest BCUT2D eigenvalue weighted by atomic mass is 9.85. The molecule has 0 aromatic carbocycles. The van der Waals surface area contributed by atoms with Crippen LogP contribution in [0.1, 0.15) is 19.8 Å². The molecule has 0 bridgehead atoms. The first-order valence-corrected chi connectivity index (χ1v) is 3.99. The predicted molar refractivity (Wildman–Crippen MR) is 42.1 cm³/mol. The summed E-state index contributed by atoms with van der Waals surface area (Å²) in [6, 6.07) is 0. The molecule has 2 heteroatoms. The normalized spacial score (nSPS) is 34.2. The van der Waals surface area contributed by atoms with Gasteiger partial charge in [-0.1, -0.05) is 6.92 Å². The Labute approximate surface area is 63.0 Å². The molecule has 1 heterocycles. The molecule has 1 fully saturated rings. The van der Waals surface area contributed by atoms with Gasteiger partial charge in [-0.3, -0.25) is 0 Å². The summed E-state index contributed by atoms with van der Waals surface area (Å²) in [6.07, 6.45) is 2.52. The van der Waals surface area contributed by atoms with Gasteiger partial charge in [0.2, 0.25) is 0 Å². The Kier molecular flexibility index (Phi) is 2.69. The highest BCUT2D eigenvalue weighted by Gasteiger charge is 2.26. The number of ether oxygens (including phenoxy) is 1. The molecule has 0 saturated carbocycles. The molecule has 0 spiro atoms. The Hall–Kier alpha value is -0.0800. The van der Waals surface area contributed by atoms with Crippen molar-refractivity contribution in [3.63, 3.8) is 0 Å². The quantitative estimate of drug-likeness (QED) is 0.623. The van der Waals surface area contributed by atoms with E-state index in [1.165, 1.54) is 12.8 Å². The Morgan fingerprint density at radius 2 is 2.40 bits per heavy atom. The highest BCUT2D eigenvalue weighted by molar-refractivity contribution is 4.78. The van der Waals surface area contributed by atoms with Gasteiger partial charge < -0.3 is 10.1 Å². The van der Waals surface area contributed by atoms with Gasteiger partial charge >= 0.3 is 0 Å². The molecule has 0 aliphatic carbocycles. The second-order valence-corrected chi connectivity index (χ2v) is 3.50. The Morgan fingerprint density at radius 3 is 2.90 bits per heavy atom. The van der Waals surface area contributed by atoms with Gasteiger partial charge in [-0.25, -0.2) is 0 Å². The fraction of sp³-hybridized carbons (Fsp3) is 1.00. The van der Waals surface area contributed by atoms with Crippen LogP contribution < -0.4 is 5.32 Å². The topological polar surface area (TPSA) is 21.3 Å². The third-order valence-electron chi connectivity index (χ3n) is 2.12. The Bertz CT molecular complexity index is 91.9. The van der Waals surface area contributed by atoms with Crippen LogP contribution in [0.5, 0.6) is 0 Å². The van der Waals surface area contributed by atoms with E-state index in [0.29, 0.717) is 5.41 Å². The molecule has 10 heavy (non-hydrogen) atoms. The second kappa shape index (κ2) is 3.35. The van der Waals surface area contributed by atoms with E-state index in [0.717, 1.165) is 19.8 Å². The van der Waals surface area contributed by atoms with Crippen molar-refractivity contribution in [3.05, 3.63) is 0 Å². The second-order valence-electron chi connectivity index (χ2n) is 3.50. The van der Waals surface area contributed by atoms with Crippen molar-refractivity contribution in [2.24, 2.45) is 5.41 Å². The number of hydrogen-bond acceptors (Lipinski definition) is 2. The molecule has 0 amide bonds. The molecule has 0 aromatic heterocycles. The van der Waals surface area contributed by atoms with E-state index in [9.17, 15) is 0 Å². The van der Waals surface area contributed by atoms with Crippen molar-refractivity contribution >= 4 is 0 Å². The molecule has 2 nitrogen and oxygen atoms in total. The van der Waals surface area contributed by atoms with Gasteiger partial charge in [0.25, 0.3) is 0 Å². The largest absolute Gasteiger partial charge is 0.381 e. The highest BCUT2D eigenvalue weighted by atomic mass is 16.5. The summed E-state index contributed by atoms with van der Waals surface area (Å²) in [7, 11) is 2.00. The van der Waals surface area contributed by atoms with Crippen LogP contribution in [-0.2, 0) is 4.74 Å². The van der Waals surface area contributed by atoms with E-state index in [4.69, 9.17) is 4.74 Å². The average Bonchev–Trinajstić information content (AvgIpc) is 1.89. The summed E-state index contributed by atoms with van der Waals surface area (Å²) in [4.78, 5) is 0. The van der Waals surface area contributed by atoms with Crippen LogP contribution in [0.15, 0.2) is 0 Å². The molecular formula is C8H17NO. The maximum absolute atomic E-state index is 5.40. The van der Waals surface area contributed by atoms with E-state index >= 15 is 0 Å².